The number of fused-ring (bicyclic) bond motifs is 1. The number of rotatable bonds is 9. The summed E-state index contributed by atoms with van der Waals surface area (Å²) in [6.07, 6.45) is 5.60. The highest BCUT2D eigenvalue weighted by molar-refractivity contribution is 5.88. The van der Waals surface area contributed by atoms with E-state index in [1.54, 1.807) is 0 Å². The zero-order valence-electron chi connectivity index (χ0n) is 17.4. The summed E-state index contributed by atoms with van der Waals surface area (Å²) in [4.78, 5) is 18.7. The van der Waals surface area contributed by atoms with Crippen LogP contribution < -0.4 is 0 Å². The van der Waals surface area contributed by atoms with Crippen molar-refractivity contribution in [3.8, 4) is 0 Å². The van der Waals surface area contributed by atoms with Gasteiger partial charge in [-0.1, -0.05) is 69.3 Å². The number of aromatic nitrogens is 1. The van der Waals surface area contributed by atoms with Crippen LogP contribution in [0.25, 0.3) is 10.9 Å². The lowest BCUT2D eigenvalue weighted by Gasteiger charge is -2.25. The van der Waals surface area contributed by atoms with Crippen molar-refractivity contribution >= 4 is 16.8 Å². The third kappa shape index (κ3) is 4.30. The summed E-state index contributed by atoms with van der Waals surface area (Å²) in [6.45, 7) is 8.12. The fourth-order valence-electron chi connectivity index (χ4n) is 4.12. The Morgan fingerprint density at radius 3 is 2.32 bits per heavy atom. The standard InChI is InChI=1S/C25H32N2O/c1-4-15-27(16-5-2)24(28)17-22(20-11-8-7-9-12-20)23-18-26-25-19(6-3)13-10-14-21(23)25/h7-14,18,22,26H,4-6,15-17H2,1-3H3. The molecular weight excluding hydrogens is 344 g/mol. The molecule has 148 valence electrons. The molecule has 3 rings (SSSR count). The molecule has 1 aromatic heterocycles. The summed E-state index contributed by atoms with van der Waals surface area (Å²) < 4.78 is 0. The van der Waals surface area contributed by atoms with E-state index < -0.39 is 0 Å². The number of aryl methyl sites for hydroxylation is 1. The predicted octanol–water partition coefficient (Wildman–Crippen LogP) is 5.90. The van der Waals surface area contributed by atoms with Gasteiger partial charge in [-0.05, 0) is 36.0 Å². The van der Waals surface area contributed by atoms with Crippen LogP contribution >= 0.6 is 0 Å². The zero-order valence-corrected chi connectivity index (χ0v) is 17.4. The van der Waals surface area contributed by atoms with Crippen LogP contribution in [0.1, 0.15) is 62.6 Å². The molecule has 0 bridgehead atoms. The molecule has 0 fully saturated rings. The number of H-pyrrole nitrogens is 1. The highest BCUT2D eigenvalue weighted by Crippen LogP contribution is 2.35. The maximum atomic E-state index is 13.2. The van der Waals surface area contributed by atoms with Crippen molar-refractivity contribution in [2.45, 2.75) is 52.4 Å². The van der Waals surface area contributed by atoms with Crippen LogP contribution in [0.15, 0.2) is 54.7 Å². The van der Waals surface area contributed by atoms with E-state index >= 15 is 0 Å². The zero-order chi connectivity index (χ0) is 19.9. The van der Waals surface area contributed by atoms with Gasteiger partial charge in [-0.2, -0.15) is 0 Å². The molecule has 1 atom stereocenters. The lowest BCUT2D eigenvalue weighted by atomic mass is 9.87. The van der Waals surface area contributed by atoms with Crippen molar-refractivity contribution in [2.75, 3.05) is 13.1 Å². The molecule has 0 spiro atoms. The van der Waals surface area contributed by atoms with Gasteiger partial charge in [-0.3, -0.25) is 4.79 Å². The van der Waals surface area contributed by atoms with Gasteiger partial charge in [-0.25, -0.2) is 0 Å². The molecule has 0 aliphatic rings. The van der Waals surface area contributed by atoms with Crippen molar-refractivity contribution < 1.29 is 4.79 Å². The number of para-hydroxylation sites is 1. The molecule has 3 nitrogen and oxygen atoms in total. The van der Waals surface area contributed by atoms with Gasteiger partial charge in [0, 0.05) is 42.5 Å². The number of hydrogen-bond donors (Lipinski definition) is 1. The molecule has 1 unspecified atom stereocenters. The first-order valence-electron chi connectivity index (χ1n) is 10.6. The summed E-state index contributed by atoms with van der Waals surface area (Å²) in [5, 5.41) is 1.23. The Morgan fingerprint density at radius 1 is 0.964 bits per heavy atom. The number of aromatic amines is 1. The topological polar surface area (TPSA) is 36.1 Å². The van der Waals surface area contributed by atoms with Crippen molar-refractivity contribution in [1.82, 2.24) is 9.88 Å². The number of amides is 1. The van der Waals surface area contributed by atoms with E-state index in [0.29, 0.717) is 6.42 Å². The molecule has 0 saturated heterocycles. The number of hydrogen-bond acceptors (Lipinski definition) is 1. The molecule has 1 heterocycles. The van der Waals surface area contributed by atoms with E-state index in [9.17, 15) is 4.79 Å². The Kier molecular flexibility index (Phi) is 6.91. The Morgan fingerprint density at radius 2 is 1.68 bits per heavy atom. The number of nitrogens with zero attached hydrogens (tertiary/aromatic N) is 1. The van der Waals surface area contributed by atoms with Crippen molar-refractivity contribution in [3.63, 3.8) is 0 Å². The second-order valence-corrected chi connectivity index (χ2v) is 7.49. The maximum absolute atomic E-state index is 13.2. The average Bonchev–Trinajstić information content (AvgIpc) is 3.16. The number of carbonyl (C=O) groups excluding carboxylic acids is 1. The minimum Gasteiger partial charge on any atom is -0.361 e. The van der Waals surface area contributed by atoms with Crippen LogP contribution in [-0.4, -0.2) is 28.9 Å². The van der Waals surface area contributed by atoms with Crippen LogP contribution in [-0.2, 0) is 11.2 Å². The lowest BCUT2D eigenvalue weighted by Crippen LogP contribution is -2.33. The SMILES string of the molecule is CCCN(CCC)C(=O)CC(c1ccccc1)c1c[nH]c2c(CC)cccc12. The van der Waals surface area contributed by atoms with Gasteiger partial charge in [0.05, 0.1) is 0 Å². The fraction of sp³-hybridized carbons (Fsp3) is 0.400. The number of nitrogens with one attached hydrogen (secondary N) is 1. The fourth-order valence-corrected chi connectivity index (χ4v) is 4.12. The van der Waals surface area contributed by atoms with Gasteiger partial charge in [-0.15, -0.1) is 0 Å². The molecule has 0 saturated carbocycles. The van der Waals surface area contributed by atoms with E-state index in [-0.39, 0.29) is 11.8 Å². The van der Waals surface area contributed by atoms with Crippen LogP contribution in [0.2, 0.25) is 0 Å². The average molecular weight is 377 g/mol. The second kappa shape index (κ2) is 9.59. The van der Waals surface area contributed by atoms with E-state index in [4.69, 9.17) is 0 Å². The summed E-state index contributed by atoms with van der Waals surface area (Å²) in [6, 6.07) is 16.9. The first-order valence-corrected chi connectivity index (χ1v) is 10.6. The first-order chi connectivity index (χ1) is 13.7. The quantitative estimate of drug-likeness (QED) is 0.496. The normalized spacial score (nSPS) is 12.2. The Bertz CT molecular complexity index is 891. The monoisotopic (exact) mass is 376 g/mol. The Balaban J connectivity index is 2.00. The van der Waals surface area contributed by atoms with Crippen molar-refractivity contribution in [2.24, 2.45) is 0 Å². The van der Waals surface area contributed by atoms with Crippen LogP contribution in [0, 0.1) is 0 Å². The summed E-state index contributed by atoms with van der Waals surface area (Å²) in [5.74, 6) is 0.310. The Hall–Kier alpha value is -2.55. The number of benzene rings is 2. The van der Waals surface area contributed by atoms with E-state index in [2.05, 4.69) is 74.4 Å². The van der Waals surface area contributed by atoms with Gasteiger partial charge in [0.2, 0.25) is 5.91 Å². The minimum atomic E-state index is 0.0609. The van der Waals surface area contributed by atoms with Crippen molar-refractivity contribution in [1.29, 1.82) is 0 Å². The highest BCUT2D eigenvalue weighted by atomic mass is 16.2. The molecule has 0 radical (unpaired) electrons. The van der Waals surface area contributed by atoms with Gasteiger partial charge in [0.1, 0.15) is 0 Å². The maximum Gasteiger partial charge on any atom is 0.223 e. The molecule has 3 aromatic rings. The Labute approximate surface area is 168 Å². The largest absolute Gasteiger partial charge is 0.361 e. The van der Waals surface area contributed by atoms with Gasteiger partial charge < -0.3 is 9.88 Å². The van der Waals surface area contributed by atoms with Gasteiger partial charge in [0.25, 0.3) is 0 Å². The highest BCUT2D eigenvalue weighted by Gasteiger charge is 2.24. The second-order valence-electron chi connectivity index (χ2n) is 7.49. The molecule has 1 amide bonds. The molecule has 0 aliphatic carbocycles. The third-order valence-corrected chi connectivity index (χ3v) is 5.51. The molecule has 1 N–H and O–H groups in total. The summed E-state index contributed by atoms with van der Waals surface area (Å²) >= 11 is 0. The number of carbonyl (C=O) groups is 1. The van der Waals surface area contributed by atoms with Crippen molar-refractivity contribution in [3.05, 3.63) is 71.4 Å². The first kappa shape index (κ1) is 20.2. The van der Waals surface area contributed by atoms with E-state index in [0.717, 1.165) is 32.4 Å². The summed E-state index contributed by atoms with van der Waals surface area (Å²) in [5.41, 5.74) is 4.94. The summed E-state index contributed by atoms with van der Waals surface area (Å²) in [7, 11) is 0. The predicted molar refractivity (Wildman–Crippen MR) is 118 cm³/mol. The molecule has 3 heteroatoms. The third-order valence-electron chi connectivity index (χ3n) is 5.51. The smallest absolute Gasteiger partial charge is 0.223 e. The molecule has 2 aromatic carbocycles. The van der Waals surface area contributed by atoms with Crippen LogP contribution in [0.4, 0.5) is 0 Å². The molecule has 28 heavy (non-hydrogen) atoms. The molecular formula is C25H32N2O. The lowest BCUT2D eigenvalue weighted by molar-refractivity contribution is -0.131. The minimum absolute atomic E-state index is 0.0609. The van der Waals surface area contributed by atoms with Gasteiger partial charge in [0.15, 0.2) is 0 Å². The molecule has 0 aliphatic heterocycles. The van der Waals surface area contributed by atoms with Gasteiger partial charge >= 0.3 is 0 Å². The van der Waals surface area contributed by atoms with Crippen LogP contribution in [0.5, 0.6) is 0 Å². The van der Waals surface area contributed by atoms with Crippen LogP contribution in [0.3, 0.4) is 0 Å². The van der Waals surface area contributed by atoms with E-state index in [1.807, 2.05) is 11.0 Å². The van der Waals surface area contributed by atoms with E-state index in [1.165, 1.54) is 27.6 Å².